The van der Waals surface area contributed by atoms with Crippen LogP contribution in [-0.2, 0) is 0 Å². The molecule has 0 spiro atoms. The van der Waals surface area contributed by atoms with E-state index in [-0.39, 0.29) is 0 Å². The molecular formula is C10H15N3. The third-order valence-electron chi connectivity index (χ3n) is 2.38. The maximum Gasteiger partial charge on any atom is 0.0527 e. The van der Waals surface area contributed by atoms with Crippen LogP contribution in [0.3, 0.4) is 0 Å². The van der Waals surface area contributed by atoms with E-state index in [0.717, 1.165) is 12.2 Å². The van der Waals surface area contributed by atoms with Crippen molar-refractivity contribution in [2.45, 2.75) is 18.9 Å². The topological polar surface area (TPSA) is 37.0 Å². The van der Waals surface area contributed by atoms with Gasteiger partial charge in [0.25, 0.3) is 0 Å². The molecule has 0 aromatic carbocycles. The van der Waals surface area contributed by atoms with Crippen molar-refractivity contribution in [3.05, 3.63) is 24.5 Å². The first-order chi connectivity index (χ1) is 6.45. The van der Waals surface area contributed by atoms with Crippen molar-refractivity contribution in [2.75, 3.05) is 18.4 Å². The molecular weight excluding hydrogens is 162 g/mol. The van der Waals surface area contributed by atoms with Crippen LogP contribution < -0.4 is 10.6 Å². The fourth-order valence-electron chi connectivity index (χ4n) is 1.64. The standard InChI is InChI=1S/C10H15N3/c1-3-9(7-11-5-1)13-8-10-4-2-6-12-10/h1,3,5,7,10,12-13H,2,4,6,8H2. The van der Waals surface area contributed by atoms with Gasteiger partial charge in [-0.3, -0.25) is 4.98 Å². The Balaban J connectivity index is 1.79. The van der Waals surface area contributed by atoms with Crippen LogP contribution in [0.25, 0.3) is 0 Å². The van der Waals surface area contributed by atoms with Gasteiger partial charge in [-0.25, -0.2) is 0 Å². The largest absolute Gasteiger partial charge is 0.382 e. The zero-order valence-electron chi connectivity index (χ0n) is 7.66. The van der Waals surface area contributed by atoms with Gasteiger partial charge in [0.1, 0.15) is 0 Å². The summed E-state index contributed by atoms with van der Waals surface area (Å²) in [4.78, 5) is 4.05. The molecule has 3 heteroatoms. The maximum atomic E-state index is 4.05. The van der Waals surface area contributed by atoms with Crippen LogP contribution in [-0.4, -0.2) is 24.1 Å². The van der Waals surface area contributed by atoms with Gasteiger partial charge < -0.3 is 10.6 Å². The zero-order chi connectivity index (χ0) is 8.93. The predicted octanol–water partition coefficient (Wildman–Crippen LogP) is 1.25. The van der Waals surface area contributed by atoms with Gasteiger partial charge in [0.05, 0.1) is 5.69 Å². The first kappa shape index (κ1) is 8.51. The molecule has 1 aliphatic rings. The smallest absolute Gasteiger partial charge is 0.0527 e. The summed E-state index contributed by atoms with van der Waals surface area (Å²) in [5.41, 5.74) is 1.11. The number of rotatable bonds is 3. The first-order valence-electron chi connectivity index (χ1n) is 4.82. The number of nitrogens with one attached hydrogen (secondary N) is 2. The Hall–Kier alpha value is -1.09. The molecule has 0 saturated carbocycles. The van der Waals surface area contributed by atoms with Gasteiger partial charge >= 0.3 is 0 Å². The Morgan fingerprint density at radius 2 is 2.62 bits per heavy atom. The molecule has 0 aliphatic carbocycles. The number of anilines is 1. The minimum absolute atomic E-state index is 0.639. The van der Waals surface area contributed by atoms with Gasteiger partial charge in [-0.15, -0.1) is 0 Å². The van der Waals surface area contributed by atoms with E-state index in [1.54, 1.807) is 6.20 Å². The van der Waals surface area contributed by atoms with Crippen LogP contribution in [0, 0.1) is 0 Å². The summed E-state index contributed by atoms with van der Waals surface area (Å²) >= 11 is 0. The van der Waals surface area contributed by atoms with E-state index < -0.39 is 0 Å². The minimum atomic E-state index is 0.639. The number of hydrogen-bond donors (Lipinski definition) is 2. The highest BCUT2D eigenvalue weighted by atomic mass is 15.0. The third-order valence-corrected chi connectivity index (χ3v) is 2.38. The van der Waals surface area contributed by atoms with Crippen LogP contribution >= 0.6 is 0 Å². The van der Waals surface area contributed by atoms with E-state index in [1.165, 1.54) is 19.4 Å². The van der Waals surface area contributed by atoms with E-state index in [2.05, 4.69) is 15.6 Å². The molecule has 1 aliphatic heterocycles. The predicted molar refractivity (Wildman–Crippen MR) is 53.8 cm³/mol. The van der Waals surface area contributed by atoms with Crippen LogP contribution in [0.5, 0.6) is 0 Å². The number of pyridine rings is 1. The second kappa shape index (κ2) is 4.23. The summed E-state index contributed by atoms with van der Waals surface area (Å²) < 4.78 is 0. The van der Waals surface area contributed by atoms with E-state index in [1.807, 2.05) is 18.3 Å². The molecule has 0 radical (unpaired) electrons. The summed E-state index contributed by atoms with van der Waals surface area (Å²) in [6.45, 7) is 2.17. The highest BCUT2D eigenvalue weighted by Gasteiger charge is 2.12. The summed E-state index contributed by atoms with van der Waals surface area (Å²) in [7, 11) is 0. The second-order valence-electron chi connectivity index (χ2n) is 3.42. The molecule has 70 valence electrons. The minimum Gasteiger partial charge on any atom is -0.382 e. The Bertz CT molecular complexity index is 242. The lowest BCUT2D eigenvalue weighted by Gasteiger charge is -2.11. The van der Waals surface area contributed by atoms with Gasteiger partial charge in [-0.2, -0.15) is 0 Å². The quantitative estimate of drug-likeness (QED) is 0.729. The summed E-state index contributed by atoms with van der Waals surface area (Å²) in [6.07, 6.45) is 6.24. The zero-order valence-corrected chi connectivity index (χ0v) is 7.66. The van der Waals surface area contributed by atoms with Gasteiger partial charge in [-0.1, -0.05) is 0 Å². The molecule has 1 saturated heterocycles. The first-order valence-corrected chi connectivity index (χ1v) is 4.82. The van der Waals surface area contributed by atoms with Crippen molar-refractivity contribution in [1.29, 1.82) is 0 Å². The molecule has 13 heavy (non-hydrogen) atoms. The Labute approximate surface area is 78.6 Å². The van der Waals surface area contributed by atoms with E-state index in [4.69, 9.17) is 0 Å². The van der Waals surface area contributed by atoms with Crippen molar-refractivity contribution in [3.63, 3.8) is 0 Å². The van der Waals surface area contributed by atoms with Crippen LogP contribution in [0.2, 0.25) is 0 Å². The molecule has 0 bridgehead atoms. The van der Waals surface area contributed by atoms with Gasteiger partial charge in [0.15, 0.2) is 0 Å². The molecule has 2 rings (SSSR count). The Kier molecular flexibility index (Phi) is 2.77. The molecule has 2 N–H and O–H groups in total. The second-order valence-corrected chi connectivity index (χ2v) is 3.42. The Morgan fingerprint density at radius 1 is 1.62 bits per heavy atom. The average Bonchev–Trinajstić information content (AvgIpc) is 2.69. The number of hydrogen-bond acceptors (Lipinski definition) is 3. The van der Waals surface area contributed by atoms with Crippen LogP contribution in [0.4, 0.5) is 5.69 Å². The van der Waals surface area contributed by atoms with Crippen LogP contribution in [0.15, 0.2) is 24.5 Å². The monoisotopic (exact) mass is 177 g/mol. The molecule has 1 aromatic heterocycles. The summed E-state index contributed by atoms with van der Waals surface area (Å²) in [5, 5.41) is 6.81. The van der Waals surface area contributed by atoms with E-state index >= 15 is 0 Å². The molecule has 1 aromatic rings. The molecule has 1 fully saturated rings. The highest BCUT2D eigenvalue weighted by Crippen LogP contribution is 2.07. The lowest BCUT2D eigenvalue weighted by Crippen LogP contribution is -2.29. The maximum absolute atomic E-state index is 4.05. The lowest BCUT2D eigenvalue weighted by atomic mass is 10.2. The molecule has 1 atom stereocenters. The summed E-state index contributed by atoms with van der Waals surface area (Å²) in [6, 6.07) is 4.63. The fourth-order valence-corrected chi connectivity index (χ4v) is 1.64. The Morgan fingerprint density at radius 3 is 3.31 bits per heavy atom. The normalized spacial score (nSPS) is 21.7. The summed E-state index contributed by atoms with van der Waals surface area (Å²) in [5.74, 6) is 0. The van der Waals surface area contributed by atoms with Crippen molar-refractivity contribution in [1.82, 2.24) is 10.3 Å². The SMILES string of the molecule is c1cncc(NCC2CCCN2)c1. The van der Waals surface area contributed by atoms with Crippen LogP contribution in [0.1, 0.15) is 12.8 Å². The van der Waals surface area contributed by atoms with Crippen molar-refractivity contribution < 1.29 is 0 Å². The third kappa shape index (κ3) is 2.42. The molecule has 0 amide bonds. The molecule has 2 heterocycles. The highest BCUT2D eigenvalue weighted by molar-refractivity contribution is 5.39. The van der Waals surface area contributed by atoms with Gasteiger partial charge in [0.2, 0.25) is 0 Å². The van der Waals surface area contributed by atoms with Crippen molar-refractivity contribution in [3.8, 4) is 0 Å². The molecule has 1 unspecified atom stereocenters. The lowest BCUT2D eigenvalue weighted by molar-refractivity contribution is 0.633. The molecule has 3 nitrogen and oxygen atoms in total. The number of aromatic nitrogens is 1. The fraction of sp³-hybridized carbons (Fsp3) is 0.500. The van der Waals surface area contributed by atoms with E-state index in [0.29, 0.717) is 6.04 Å². The van der Waals surface area contributed by atoms with Crippen molar-refractivity contribution in [2.24, 2.45) is 0 Å². The van der Waals surface area contributed by atoms with Crippen molar-refractivity contribution >= 4 is 5.69 Å². The number of nitrogens with zero attached hydrogens (tertiary/aromatic N) is 1. The average molecular weight is 177 g/mol. The van der Waals surface area contributed by atoms with Gasteiger partial charge in [-0.05, 0) is 31.5 Å². The van der Waals surface area contributed by atoms with Gasteiger partial charge in [0, 0.05) is 25.0 Å². The van der Waals surface area contributed by atoms with E-state index in [9.17, 15) is 0 Å².